The summed E-state index contributed by atoms with van der Waals surface area (Å²) in [6.07, 6.45) is 6.29. The summed E-state index contributed by atoms with van der Waals surface area (Å²) in [5, 5.41) is 21.4. The summed E-state index contributed by atoms with van der Waals surface area (Å²) in [5.74, 6) is -0.591. The van der Waals surface area contributed by atoms with Crippen LogP contribution < -0.4 is 11.1 Å². The molecule has 9 heteroatoms. The third kappa shape index (κ3) is 3.39. The maximum Gasteiger partial charge on any atom is 0.321 e. The Kier molecular flexibility index (Phi) is 5.02. The van der Waals surface area contributed by atoms with E-state index in [0.717, 1.165) is 44.9 Å². The van der Waals surface area contributed by atoms with Crippen LogP contribution in [-0.4, -0.2) is 64.7 Å². The van der Waals surface area contributed by atoms with Gasteiger partial charge in [0.2, 0.25) is 5.91 Å². The van der Waals surface area contributed by atoms with Gasteiger partial charge in [0.05, 0.1) is 18.5 Å². The number of aliphatic carboxylic acids is 1. The van der Waals surface area contributed by atoms with Crippen molar-refractivity contribution in [1.82, 2.24) is 10.2 Å². The summed E-state index contributed by atoms with van der Waals surface area (Å²) in [7, 11) is 1.51. The monoisotopic (exact) mass is 444 g/mol. The predicted molar refractivity (Wildman–Crippen MR) is 112 cm³/mol. The summed E-state index contributed by atoms with van der Waals surface area (Å²) in [6, 6.07) is 0.365. The van der Waals surface area contributed by atoms with Crippen LogP contribution in [0.1, 0.15) is 57.8 Å². The largest absolute Gasteiger partial charge is 0.480 e. The third-order valence-electron chi connectivity index (χ3n) is 8.83. The molecule has 0 aromatic rings. The number of piperidine rings is 1. The lowest BCUT2D eigenvalue weighted by molar-refractivity contribution is -0.206. The number of esters is 1. The molecule has 7 atom stereocenters. The minimum atomic E-state index is -1.09. The van der Waals surface area contributed by atoms with E-state index in [1.165, 1.54) is 7.05 Å². The summed E-state index contributed by atoms with van der Waals surface area (Å²) in [4.78, 5) is 39.3. The summed E-state index contributed by atoms with van der Waals surface area (Å²) >= 11 is 0. The maximum atomic E-state index is 13.5. The first-order valence-corrected chi connectivity index (χ1v) is 11.8. The SMILES string of the molecule is CNC(CC(=O)OC12CC3CC(C1)CC(C(N)C(=O)N1C(C#N)CC4CC41)(C3)C2)C(=O)O. The van der Waals surface area contributed by atoms with E-state index in [2.05, 4.69) is 11.4 Å². The van der Waals surface area contributed by atoms with Crippen molar-refractivity contribution in [1.29, 1.82) is 5.26 Å². The van der Waals surface area contributed by atoms with Crippen LogP contribution >= 0.6 is 0 Å². The number of nitriles is 1. The number of amides is 1. The summed E-state index contributed by atoms with van der Waals surface area (Å²) in [5.41, 5.74) is 5.60. The number of carbonyl (C=O) groups is 3. The molecule has 1 amide bonds. The number of nitrogens with zero attached hydrogens (tertiary/aromatic N) is 2. The number of hydrogen-bond acceptors (Lipinski definition) is 7. The standard InChI is InChI=1S/C23H32N4O5/c1-26-16(21(30)31)5-18(28)32-23-8-12-2-13(9-23)7-22(6-12,11-23)19(25)20(29)27-15(10-24)3-14-4-17(14)27/h12-17,19,26H,2-9,11,25H2,1H3,(H,30,31). The highest BCUT2D eigenvalue weighted by Gasteiger charge is 2.64. The number of carboxylic acids is 1. The number of carbonyl (C=O) groups excluding carboxylic acids is 2. The molecule has 32 heavy (non-hydrogen) atoms. The van der Waals surface area contributed by atoms with E-state index in [1.54, 1.807) is 4.90 Å². The fourth-order valence-electron chi connectivity index (χ4n) is 7.81. The summed E-state index contributed by atoms with van der Waals surface area (Å²) < 4.78 is 6.01. The van der Waals surface area contributed by atoms with Crippen LogP contribution in [-0.2, 0) is 19.1 Å². The molecular weight excluding hydrogens is 412 g/mol. The first kappa shape index (κ1) is 21.7. The second kappa shape index (κ2) is 7.42. The van der Waals surface area contributed by atoms with Crippen molar-refractivity contribution >= 4 is 17.8 Å². The molecule has 7 unspecified atom stereocenters. The van der Waals surface area contributed by atoms with Crippen LogP contribution in [0.3, 0.4) is 0 Å². The van der Waals surface area contributed by atoms with Crippen LogP contribution in [0.25, 0.3) is 0 Å². The van der Waals surface area contributed by atoms with Gasteiger partial charge in [-0.25, -0.2) is 0 Å². The Morgan fingerprint density at radius 3 is 2.50 bits per heavy atom. The first-order chi connectivity index (χ1) is 15.2. The highest BCUT2D eigenvalue weighted by Crippen LogP contribution is 2.64. The molecule has 4 N–H and O–H groups in total. The van der Waals surface area contributed by atoms with Gasteiger partial charge in [-0.2, -0.15) is 5.26 Å². The Morgan fingerprint density at radius 1 is 1.22 bits per heavy atom. The highest BCUT2D eigenvalue weighted by atomic mass is 16.6. The van der Waals surface area contributed by atoms with E-state index in [0.29, 0.717) is 24.2 Å². The van der Waals surface area contributed by atoms with Gasteiger partial charge in [-0.3, -0.25) is 14.4 Å². The second-order valence-corrected chi connectivity index (χ2v) is 11.0. The van der Waals surface area contributed by atoms with Crippen molar-refractivity contribution in [2.24, 2.45) is 28.9 Å². The molecule has 174 valence electrons. The van der Waals surface area contributed by atoms with Gasteiger partial charge in [0.25, 0.3) is 0 Å². The van der Waals surface area contributed by atoms with Crippen molar-refractivity contribution in [2.75, 3.05) is 7.05 Å². The maximum absolute atomic E-state index is 13.5. The normalized spacial score (nSPS) is 42.7. The lowest BCUT2D eigenvalue weighted by atomic mass is 9.46. The number of nitrogens with two attached hydrogens (primary N) is 1. The molecule has 1 aliphatic heterocycles. The van der Waals surface area contributed by atoms with E-state index in [1.807, 2.05) is 0 Å². The smallest absolute Gasteiger partial charge is 0.321 e. The Morgan fingerprint density at radius 2 is 1.91 bits per heavy atom. The Hall–Kier alpha value is -2.18. The van der Waals surface area contributed by atoms with E-state index >= 15 is 0 Å². The van der Waals surface area contributed by atoms with Gasteiger partial charge in [-0.05, 0) is 81.6 Å². The molecule has 6 rings (SSSR count). The van der Waals surface area contributed by atoms with E-state index in [4.69, 9.17) is 10.5 Å². The van der Waals surface area contributed by atoms with Crippen LogP contribution in [0.2, 0.25) is 0 Å². The zero-order valence-electron chi connectivity index (χ0n) is 18.5. The fourth-order valence-corrected chi connectivity index (χ4v) is 7.81. The molecular formula is C23H32N4O5. The van der Waals surface area contributed by atoms with E-state index < -0.39 is 35.0 Å². The molecule has 0 aromatic heterocycles. The minimum Gasteiger partial charge on any atom is -0.480 e. The molecule has 1 heterocycles. The van der Waals surface area contributed by atoms with Gasteiger partial charge in [0.1, 0.15) is 17.7 Å². The third-order valence-corrected chi connectivity index (χ3v) is 8.83. The number of likely N-dealkylation sites (tertiary alicyclic amines) is 1. The van der Waals surface area contributed by atoms with E-state index in [9.17, 15) is 24.8 Å². The summed E-state index contributed by atoms with van der Waals surface area (Å²) in [6.45, 7) is 0. The van der Waals surface area contributed by atoms with Crippen LogP contribution in [0, 0.1) is 34.5 Å². The zero-order valence-corrected chi connectivity index (χ0v) is 18.5. The Bertz CT molecular complexity index is 870. The quantitative estimate of drug-likeness (QED) is 0.488. The molecule has 4 bridgehead atoms. The van der Waals surface area contributed by atoms with Crippen LogP contribution in [0.5, 0.6) is 0 Å². The fraction of sp³-hybridized carbons (Fsp3) is 0.826. The molecule has 0 spiro atoms. The molecule has 9 nitrogen and oxygen atoms in total. The zero-order chi connectivity index (χ0) is 22.8. The van der Waals surface area contributed by atoms with Crippen LogP contribution in [0.15, 0.2) is 0 Å². The molecule has 0 radical (unpaired) electrons. The minimum absolute atomic E-state index is 0.119. The lowest BCUT2D eigenvalue weighted by Gasteiger charge is -2.62. The average molecular weight is 445 g/mol. The van der Waals surface area contributed by atoms with Gasteiger partial charge in [0, 0.05) is 6.04 Å². The van der Waals surface area contributed by atoms with Gasteiger partial charge < -0.3 is 25.8 Å². The molecule has 6 aliphatic rings. The average Bonchev–Trinajstić information content (AvgIpc) is 3.39. The van der Waals surface area contributed by atoms with Crippen molar-refractivity contribution in [2.45, 2.75) is 87.6 Å². The van der Waals surface area contributed by atoms with Crippen molar-refractivity contribution in [3.8, 4) is 6.07 Å². The number of nitrogens with one attached hydrogen (secondary N) is 1. The van der Waals surface area contributed by atoms with Gasteiger partial charge in [-0.15, -0.1) is 0 Å². The molecule has 5 aliphatic carbocycles. The highest BCUT2D eigenvalue weighted by molar-refractivity contribution is 5.85. The molecule has 0 aromatic carbocycles. The van der Waals surface area contributed by atoms with Crippen LogP contribution in [0.4, 0.5) is 0 Å². The lowest BCUT2D eigenvalue weighted by Crippen LogP contribution is -2.65. The molecule has 6 fully saturated rings. The number of carboxylic acid groups (broad SMARTS) is 1. The Balaban J connectivity index is 1.34. The number of rotatable bonds is 7. The van der Waals surface area contributed by atoms with Crippen molar-refractivity contribution in [3.05, 3.63) is 0 Å². The van der Waals surface area contributed by atoms with Gasteiger partial charge >= 0.3 is 11.9 Å². The molecule has 1 saturated heterocycles. The topological polar surface area (TPSA) is 146 Å². The van der Waals surface area contributed by atoms with Crippen molar-refractivity contribution in [3.63, 3.8) is 0 Å². The molecule has 5 saturated carbocycles. The Labute approximate surface area is 187 Å². The number of fused-ring (bicyclic) bond motifs is 1. The van der Waals surface area contributed by atoms with E-state index in [-0.39, 0.29) is 24.4 Å². The second-order valence-electron chi connectivity index (χ2n) is 11.0. The number of hydrogen-bond donors (Lipinski definition) is 3. The predicted octanol–water partition coefficient (Wildman–Crippen LogP) is 0.772. The first-order valence-electron chi connectivity index (χ1n) is 11.8. The number of ether oxygens (including phenoxy) is 1. The van der Waals surface area contributed by atoms with Gasteiger partial charge in [0.15, 0.2) is 0 Å². The van der Waals surface area contributed by atoms with Gasteiger partial charge in [-0.1, -0.05) is 0 Å². The number of likely N-dealkylation sites (N-methyl/N-ethyl adjacent to an activating group) is 1. The van der Waals surface area contributed by atoms with Crippen molar-refractivity contribution < 1.29 is 24.2 Å².